The van der Waals surface area contributed by atoms with Gasteiger partial charge < -0.3 is 14.6 Å². The summed E-state index contributed by atoms with van der Waals surface area (Å²) in [5.74, 6) is -1.46. The van der Waals surface area contributed by atoms with E-state index in [0.717, 1.165) is 25.1 Å². The second-order valence-corrected chi connectivity index (χ2v) is 7.09. The third kappa shape index (κ3) is 2.89. The SMILES string of the molecule is C/C=C1/C[C@@H](C)[C@@](C)(O)C(=O)OCC2=CCN3CC[C@@H](OC1=O)C23. The van der Waals surface area contributed by atoms with Gasteiger partial charge in [0.2, 0.25) is 0 Å². The van der Waals surface area contributed by atoms with Crippen LogP contribution in [0.25, 0.3) is 0 Å². The minimum absolute atomic E-state index is 0.0262. The predicted octanol–water partition coefficient (Wildman–Crippen LogP) is 1.19. The van der Waals surface area contributed by atoms with Gasteiger partial charge in [0.1, 0.15) is 12.7 Å². The van der Waals surface area contributed by atoms with Gasteiger partial charge in [0, 0.05) is 18.7 Å². The molecule has 0 radical (unpaired) electrons. The summed E-state index contributed by atoms with van der Waals surface area (Å²) in [7, 11) is 0. The van der Waals surface area contributed by atoms with Gasteiger partial charge in [0.05, 0.1) is 6.04 Å². The van der Waals surface area contributed by atoms with Crippen molar-refractivity contribution in [2.45, 2.75) is 51.4 Å². The van der Waals surface area contributed by atoms with Crippen molar-refractivity contribution in [3.8, 4) is 0 Å². The first-order valence-electron chi connectivity index (χ1n) is 8.53. The lowest BCUT2D eigenvalue weighted by molar-refractivity contribution is -0.169. The minimum Gasteiger partial charge on any atom is -0.459 e. The number of esters is 2. The largest absolute Gasteiger partial charge is 0.459 e. The first-order valence-corrected chi connectivity index (χ1v) is 8.53. The number of nitrogens with zero attached hydrogens (tertiary/aromatic N) is 1. The van der Waals surface area contributed by atoms with Crippen LogP contribution in [0.1, 0.15) is 33.6 Å². The van der Waals surface area contributed by atoms with Crippen molar-refractivity contribution in [2.24, 2.45) is 5.92 Å². The average Bonchev–Trinajstić information content (AvgIpc) is 3.12. The molecule has 4 atom stereocenters. The Kier molecular flexibility index (Phi) is 4.53. The van der Waals surface area contributed by atoms with Crippen molar-refractivity contribution in [1.82, 2.24) is 4.90 Å². The molecule has 0 amide bonds. The molecule has 1 N–H and O–H groups in total. The number of allylic oxidation sites excluding steroid dienone is 1. The summed E-state index contributed by atoms with van der Waals surface area (Å²) in [6, 6.07) is -0.0262. The van der Waals surface area contributed by atoms with Gasteiger partial charge in [-0.2, -0.15) is 0 Å². The van der Waals surface area contributed by atoms with Gasteiger partial charge in [-0.3, -0.25) is 4.90 Å². The summed E-state index contributed by atoms with van der Waals surface area (Å²) in [6.45, 7) is 6.71. The van der Waals surface area contributed by atoms with Crippen LogP contribution >= 0.6 is 0 Å². The summed E-state index contributed by atoms with van der Waals surface area (Å²) >= 11 is 0. The maximum atomic E-state index is 12.5. The fraction of sp³-hybridized carbons (Fsp3) is 0.667. The molecule has 6 nitrogen and oxygen atoms in total. The molecule has 3 heterocycles. The first kappa shape index (κ1) is 17.2. The number of hydrogen-bond donors (Lipinski definition) is 1. The van der Waals surface area contributed by atoms with Crippen LogP contribution in [0.4, 0.5) is 0 Å². The Morgan fingerprint density at radius 3 is 2.88 bits per heavy atom. The lowest BCUT2D eigenvalue weighted by atomic mass is 9.85. The first-order chi connectivity index (χ1) is 11.3. The molecule has 3 aliphatic rings. The third-order valence-electron chi connectivity index (χ3n) is 5.55. The maximum absolute atomic E-state index is 12.5. The number of carbonyl (C=O) groups excluding carboxylic acids is 2. The van der Waals surface area contributed by atoms with Gasteiger partial charge in [0.15, 0.2) is 5.60 Å². The van der Waals surface area contributed by atoms with Crippen LogP contribution in [0, 0.1) is 5.92 Å². The minimum atomic E-state index is -1.65. The normalized spacial score (nSPS) is 39.6. The molecular weight excluding hydrogens is 310 g/mol. The Morgan fingerprint density at radius 1 is 1.42 bits per heavy atom. The van der Waals surface area contributed by atoms with Crippen LogP contribution in [0.5, 0.6) is 0 Å². The van der Waals surface area contributed by atoms with Crippen molar-refractivity contribution in [2.75, 3.05) is 19.7 Å². The highest BCUT2D eigenvalue weighted by molar-refractivity contribution is 5.89. The van der Waals surface area contributed by atoms with Crippen LogP contribution in [0.2, 0.25) is 0 Å². The van der Waals surface area contributed by atoms with E-state index in [4.69, 9.17) is 9.47 Å². The van der Waals surface area contributed by atoms with E-state index in [2.05, 4.69) is 4.90 Å². The lowest BCUT2D eigenvalue weighted by Crippen LogP contribution is -2.45. The van der Waals surface area contributed by atoms with Gasteiger partial charge in [-0.25, -0.2) is 9.59 Å². The van der Waals surface area contributed by atoms with E-state index in [0.29, 0.717) is 5.57 Å². The quantitative estimate of drug-likeness (QED) is 0.407. The Balaban J connectivity index is 1.91. The zero-order valence-electron chi connectivity index (χ0n) is 14.4. The van der Waals surface area contributed by atoms with Crippen molar-refractivity contribution in [3.05, 3.63) is 23.3 Å². The van der Waals surface area contributed by atoms with E-state index in [1.807, 2.05) is 6.08 Å². The van der Waals surface area contributed by atoms with E-state index in [1.165, 1.54) is 6.92 Å². The molecule has 132 valence electrons. The number of rotatable bonds is 0. The van der Waals surface area contributed by atoms with Crippen LogP contribution in [-0.2, 0) is 19.1 Å². The highest BCUT2D eigenvalue weighted by Gasteiger charge is 2.45. The van der Waals surface area contributed by atoms with E-state index < -0.39 is 17.5 Å². The summed E-state index contributed by atoms with van der Waals surface area (Å²) in [5.41, 5.74) is -0.218. The number of cyclic esters (lactones) is 1. The van der Waals surface area contributed by atoms with Gasteiger partial charge in [-0.1, -0.05) is 19.1 Å². The predicted molar refractivity (Wildman–Crippen MR) is 87.1 cm³/mol. The standard InChI is InChI=1S/C18H25NO5/c1-4-12-9-11(2)18(3,22)17(21)23-10-13-5-7-19-8-6-14(15(13)19)24-16(12)20/h4-5,11,14-15,22H,6-10H2,1-3H3/b12-4-/t11-,14-,15?,18-/m1/s1. The number of carbonyl (C=O) groups is 2. The van der Waals surface area contributed by atoms with E-state index in [1.54, 1.807) is 19.9 Å². The molecule has 0 spiro atoms. The van der Waals surface area contributed by atoms with Crippen LogP contribution in [0.3, 0.4) is 0 Å². The third-order valence-corrected chi connectivity index (χ3v) is 5.55. The molecule has 0 aliphatic carbocycles. The fourth-order valence-corrected chi connectivity index (χ4v) is 3.68. The molecular formula is C18H25NO5. The van der Waals surface area contributed by atoms with Gasteiger partial charge in [-0.15, -0.1) is 0 Å². The molecule has 1 unspecified atom stereocenters. The zero-order valence-corrected chi connectivity index (χ0v) is 14.4. The molecule has 3 rings (SSSR count). The van der Waals surface area contributed by atoms with Crippen LogP contribution in [-0.4, -0.2) is 59.4 Å². The van der Waals surface area contributed by atoms with E-state index in [-0.39, 0.29) is 31.1 Å². The van der Waals surface area contributed by atoms with Crippen LogP contribution < -0.4 is 0 Å². The van der Waals surface area contributed by atoms with Crippen molar-refractivity contribution >= 4 is 11.9 Å². The molecule has 24 heavy (non-hydrogen) atoms. The van der Waals surface area contributed by atoms with Crippen molar-refractivity contribution < 1.29 is 24.2 Å². The molecule has 0 aromatic rings. The molecule has 2 fully saturated rings. The summed E-state index contributed by atoms with van der Waals surface area (Å²) in [4.78, 5) is 27.1. The molecule has 0 saturated carbocycles. The fourth-order valence-electron chi connectivity index (χ4n) is 3.68. The van der Waals surface area contributed by atoms with E-state index in [9.17, 15) is 14.7 Å². The summed E-state index contributed by atoms with van der Waals surface area (Å²) < 4.78 is 11.2. The summed E-state index contributed by atoms with van der Waals surface area (Å²) in [6.07, 6.45) is 4.56. The van der Waals surface area contributed by atoms with Crippen LogP contribution in [0.15, 0.2) is 23.3 Å². The van der Waals surface area contributed by atoms with Gasteiger partial charge in [-0.05, 0) is 38.2 Å². The molecule has 0 bridgehead atoms. The number of aliphatic hydroxyl groups is 1. The Labute approximate surface area is 142 Å². The monoisotopic (exact) mass is 335 g/mol. The topological polar surface area (TPSA) is 76.1 Å². The smallest absolute Gasteiger partial charge is 0.338 e. The Morgan fingerprint density at radius 2 is 2.17 bits per heavy atom. The lowest BCUT2D eigenvalue weighted by Gasteiger charge is -2.31. The molecule has 0 aromatic carbocycles. The molecule has 3 aliphatic heterocycles. The Bertz CT molecular complexity index is 607. The van der Waals surface area contributed by atoms with Gasteiger partial charge >= 0.3 is 11.9 Å². The number of hydrogen-bond acceptors (Lipinski definition) is 6. The molecule has 0 aromatic heterocycles. The second kappa shape index (κ2) is 6.33. The number of ether oxygens (including phenoxy) is 2. The zero-order chi connectivity index (χ0) is 17.5. The summed E-state index contributed by atoms with van der Waals surface area (Å²) in [5, 5.41) is 10.6. The van der Waals surface area contributed by atoms with Crippen molar-refractivity contribution in [1.29, 1.82) is 0 Å². The average molecular weight is 335 g/mol. The Hall–Kier alpha value is -1.66. The van der Waals surface area contributed by atoms with E-state index >= 15 is 0 Å². The van der Waals surface area contributed by atoms with Gasteiger partial charge in [0.25, 0.3) is 0 Å². The highest BCUT2D eigenvalue weighted by Crippen LogP contribution is 2.34. The maximum Gasteiger partial charge on any atom is 0.338 e. The van der Waals surface area contributed by atoms with Crippen molar-refractivity contribution in [3.63, 3.8) is 0 Å². The second-order valence-electron chi connectivity index (χ2n) is 7.09. The molecule has 6 heteroatoms. The highest BCUT2D eigenvalue weighted by atomic mass is 16.6. The molecule has 2 saturated heterocycles.